The van der Waals surface area contributed by atoms with E-state index in [2.05, 4.69) is 10.6 Å². The lowest BCUT2D eigenvalue weighted by Gasteiger charge is -2.23. The summed E-state index contributed by atoms with van der Waals surface area (Å²) in [6.07, 6.45) is 0.659. The van der Waals surface area contributed by atoms with Crippen LogP contribution in [0.2, 0.25) is 0 Å². The van der Waals surface area contributed by atoms with Gasteiger partial charge in [0.25, 0.3) is 5.69 Å². The second-order valence-corrected chi connectivity index (χ2v) is 4.90. The first-order valence-electron chi connectivity index (χ1n) is 6.99. The van der Waals surface area contributed by atoms with Crippen LogP contribution in [0.1, 0.15) is 18.9 Å². The topological polar surface area (TPSA) is 93.5 Å². The Morgan fingerprint density at radius 2 is 2.38 bits per heavy atom. The lowest BCUT2D eigenvalue weighted by molar-refractivity contribution is -0.385. The molecule has 2 N–H and O–H groups in total. The van der Waals surface area contributed by atoms with Gasteiger partial charge in [-0.3, -0.25) is 14.9 Å². The molecule has 1 atom stereocenters. The Morgan fingerprint density at radius 3 is 3.00 bits per heavy atom. The summed E-state index contributed by atoms with van der Waals surface area (Å²) >= 11 is 0. The van der Waals surface area contributed by atoms with Crippen LogP contribution in [-0.2, 0) is 16.0 Å². The zero-order valence-electron chi connectivity index (χ0n) is 11.9. The molecule has 1 fully saturated rings. The number of ether oxygens (including phenoxy) is 1. The average Bonchev–Trinajstić information content (AvgIpc) is 2.48. The first-order chi connectivity index (χ1) is 10.1. The van der Waals surface area contributed by atoms with Crippen molar-refractivity contribution in [3.8, 4) is 0 Å². The highest BCUT2D eigenvalue weighted by atomic mass is 16.6. The van der Waals surface area contributed by atoms with Crippen molar-refractivity contribution in [3.63, 3.8) is 0 Å². The Bertz CT molecular complexity index is 527. The number of rotatable bonds is 5. The van der Waals surface area contributed by atoms with E-state index in [1.807, 2.05) is 6.92 Å². The van der Waals surface area contributed by atoms with Crippen LogP contribution in [0.5, 0.6) is 0 Å². The maximum Gasteiger partial charge on any atom is 0.274 e. The molecule has 1 amide bonds. The monoisotopic (exact) mass is 293 g/mol. The van der Waals surface area contributed by atoms with Gasteiger partial charge in [0, 0.05) is 30.4 Å². The van der Waals surface area contributed by atoms with Crippen molar-refractivity contribution in [2.24, 2.45) is 0 Å². The van der Waals surface area contributed by atoms with Gasteiger partial charge in [-0.1, -0.05) is 13.0 Å². The fourth-order valence-electron chi connectivity index (χ4n) is 2.28. The molecule has 0 saturated carbocycles. The van der Waals surface area contributed by atoms with E-state index >= 15 is 0 Å². The van der Waals surface area contributed by atoms with Gasteiger partial charge in [-0.2, -0.15) is 0 Å². The number of nitro benzene ring substituents is 1. The molecule has 1 aromatic rings. The molecule has 0 aliphatic carbocycles. The van der Waals surface area contributed by atoms with Gasteiger partial charge >= 0.3 is 0 Å². The van der Waals surface area contributed by atoms with Gasteiger partial charge in [-0.05, 0) is 12.5 Å². The zero-order chi connectivity index (χ0) is 15.2. The Morgan fingerprint density at radius 1 is 1.57 bits per heavy atom. The summed E-state index contributed by atoms with van der Waals surface area (Å²) < 4.78 is 5.45. The molecule has 114 valence electrons. The number of nitrogens with one attached hydrogen (secondary N) is 2. The van der Waals surface area contributed by atoms with Crippen molar-refractivity contribution in [1.82, 2.24) is 5.32 Å². The second-order valence-electron chi connectivity index (χ2n) is 4.90. The third-order valence-corrected chi connectivity index (χ3v) is 3.36. The smallest absolute Gasteiger partial charge is 0.274 e. The van der Waals surface area contributed by atoms with Crippen LogP contribution >= 0.6 is 0 Å². The van der Waals surface area contributed by atoms with E-state index < -0.39 is 4.92 Å². The third-order valence-electron chi connectivity index (χ3n) is 3.36. The molecule has 1 aliphatic rings. The molecule has 2 rings (SSSR count). The average molecular weight is 293 g/mol. The summed E-state index contributed by atoms with van der Waals surface area (Å²) in [6.45, 7) is 3.88. The van der Waals surface area contributed by atoms with Gasteiger partial charge in [0.05, 0.1) is 24.1 Å². The van der Waals surface area contributed by atoms with E-state index in [1.54, 1.807) is 12.1 Å². The SMILES string of the molecule is CCc1ccc(NC(=O)CC2CNCCO2)cc1[N+](=O)[O-]. The highest BCUT2D eigenvalue weighted by molar-refractivity contribution is 5.91. The molecule has 1 heterocycles. The van der Waals surface area contributed by atoms with E-state index in [4.69, 9.17) is 4.74 Å². The number of hydrogen-bond donors (Lipinski definition) is 2. The van der Waals surface area contributed by atoms with E-state index in [9.17, 15) is 14.9 Å². The number of nitro groups is 1. The molecule has 21 heavy (non-hydrogen) atoms. The van der Waals surface area contributed by atoms with Crippen LogP contribution < -0.4 is 10.6 Å². The first-order valence-corrected chi connectivity index (χ1v) is 6.99. The van der Waals surface area contributed by atoms with Gasteiger partial charge in [-0.15, -0.1) is 0 Å². The van der Waals surface area contributed by atoms with E-state index in [1.165, 1.54) is 6.07 Å². The van der Waals surface area contributed by atoms with E-state index in [0.29, 0.717) is 30.8 Å². The maximum absolute atomic E-state index is 11.9. The normalized spacial score (nSPS) is 18.2. The van der Waals surface area contributed by atoms with E-state index in [0.717, 1.165) is 6.54 Å². The van der Waals surface area contributed by atoms with Crippen LogP contribution in [0.25, 0.3) is 0 Å². The summed E-state index contributed by atoms with van der Waals surface area (Å²) in [7, 11) is 0. The molecule has 1 saturated heterocycles. The van der Waals surface area contributed by atoms with Gasteiger partial charge in [0.1, 0.15) is 0 Å². The van der Waals surface area contributed by atoms with Crippen molar-refractivity contribution >= 4 is 17.3 Å². The van der Waals surface area contributed by atoms with Crippen molar-refractivity contribution < 1.29 is 14.5 Å². The molecule has 0 radical (unpaired) electrons. The van der Waals surface area contributed by atoms with Crippen molar-refractivity contribution in [1.29, 1.82) is 0 Å². The molecular weight excluding hydrogens is 274 g/mol. The Hall–Kier alpha value is -1.99. The molecule has 1 unspecified atom stereocenters. The van der Waals surface area contributed by atoms with Gasteiger partial charge < -0.3 is 15.4 Å². The molecule has 1 aliphatic heterocycles. The summed E-state index contributed by atoms with van der Waals surface area (Å²) in [5, 5.41) is 16.8. The van der Waals surface area contributed by atoms with Crippen molar-refractivity contribution in [3.05, 3.63) is 33.9 Å². The summed E-state index contributed by atoms with van der Waals surface area (Å²) in [6, 6.07) is 4.76. The lowest BCUT2D eigenvalue weighted by atomic mass is 10.1. The van der Waals surface area contributed by atoms with Crippen molar-refractivity contribution in [2.45, 2.75) is 25.9 Å². The second kappa shape index (κ2) is 7.14. The summed E-state index contributed by atoms with van der Waals surface area (Å²) in [5.74, 6) is -0.206. The number of carbonyl (C=O) groups excluding carboxylic acids is 1. The van der Waals surface area contributed by atoms with Crippen LogP contribution in [-0.4, -0.2) is 36.6 Å². The molecule has 0 bridgehead atoms. The quantitative estimate of drug-likeness (QED) is 0.633. The van der Waals surface area contributed by atoms with Gasteiger partial charge in [0.15, 0.2) is 0 Å². The van der Waals surface area contributed by atoms with E-state index in [-0.39, 0.29) is 24.1 Å². The van der Waals surface area contributed by atoms with Crippen molar-refractivity contribution in [2.75, 3.05) is 25.0 Å². The van der Waals surface area contributed by atoms with Gasteiger partial charge in [0.2, 0.25) is 5.91 Å². The fraction of sp³-hybridized carbons (Fsp3) is 0.500. The van der Waals surface area contributed by atoms with Gasteiger partial charge in [-0.25, -0.2) is 0 Å². The Labute approximate surface area is 122 Å². The molecule has 0 spiro atoms. The zero-order valence-corrected chi connectivity index (χ0v) is 11.9. The number of carbonyl (C=O) groups is 1. The highest BCUT2D eigenvalue weighted by Crippen LogP contribution is 2.23. The number of morpholine rings is 1. The largest absolute Gasteiger partial charge is 0.375 e. The number of amides is 1. The predicted octanol–water partition coefficient (Wildman–Crippen LogP) is 1.47. The number of hydrogen-bond acceptors (Lipinski definition) is 5. The minimum absolute atomic E-state index is 0.0332. The summed E-state index contributed by atoms with van der Waals surface area (Å²) in [4.78, 5) is 22.5. The van der Waals surface area contributed by atoms with Crippen LogP contribution in [0.15, 0.2) is 18.2 Å². The number of anilines is 1. The minimum atomic E-state index is -0.428. The van der Waals surface area contributed by atoms with Crippen LogP contribution in [0.4, 0.5) is 11.4 Å². The number of benzene rings is 1. The lowest BCUT2D eigenvalue weighted by Crippen LogP contribution is -2.40. The number of aryl methyl sites for hydroxylation is 1. The Kier molecular flexibility index (Phi) is 5.24. The standard InChI is InChI=1S/C14H19N3O4/c1-2-10-3-4-11(7-13(10)17(19)20)16-14(18)8-12-9-15-5-6-21-12/h3-4,7,12,15H,2,5-6,8-9H2,1H3,(H,16,18). The molecule has 1 aromatic carbocycles. The first kappa shape index (κ1) is 15.4. The van der Waals surface area contributed by atoms with Crippen LogP contribution in [0, 0.1) is 10.1 Å². The molecular formula is C14H19N3O4. The fourth-order valence-corrected chi connectivity index (χ4v) is 2.28. The minimum Gasteiger partial charge on any atom is -0.375 e. The summed E-state index contributed by atoms with van der Waals surface area (Å²) in [5.41, 5.74) is 1.12. The maximum atomic E-state index is 11.9. The molecule has 0 aromatic heterocycles. The van der Waals surface area contributed by atoms with Crippen LogP contribution in [0.3, 0.4) is 0 Å². The number of nitrogens with zero attached hydrogens (tertiary/aromatic N) is 1. The molecule has 7 nitrogen and oxygen atoms in total. The Balaban J connectivity index is 2.00. The third kappa shape index (κ3) is 4.24. The molecule has 7 heteroatoms. The highest BCUT2D eigenvalue weighted by Gasteiger charge is 2.18. The predicted molar refractivity (Wildman–Crippen MR) is 78.3 cm³/mol.